The molecule has 1 fully saturated rings. The van der Waals surface area contributed by atoms with E-state index in [1.165, 1.54) is 28.2 Å². The van der Waals surface area contributed by atoms with E-state index in [0.29, 0.717) is 5.11 Å². The molecule has 2 aromatic carbocycles. The molecule has 4 aromatic rings. The van der Waals surface area contributed by atoms with Crippen LogP contribution in [0.4, 0.5) is 5.69 Å². The molecule has 0 spiro atoms. The normalized spacial score (nSPS) is 17.5. The molecule has 2 aromatic heterocycles. The predicted octanol–water partition coefficient (Wildman–Crippen LogP) is 6.76. The van der Waals surface area contributed by atoms with Gasteiger partial charge in [-0.15, -0.1) is 0 Å². The lowest BCUT2D eigenvalue weighted by Gasteiger charge is -2.28. The molecule has 3 heterocycles. The molecule has 184 valence electrons. The maximum Gasteiger partial charge on any atom is 0.174 e. The molecule has 0 unspecified atom stereocenters. The van der Waals surface area contributed by atoms with E-state index in [1.807, 2.05) is 44.3 Å². The maximum absolute atomic E-state index is 5.92. The van der Waals surface area contributed by atoms with Crippen LogP contribution in [0, 0.1) is 20.8 Å². The molecule has 0 radical (unpaired) electrons. The summed E-state index contributed by atoms with van der Waals surface area (Å²) in [6.45, 7) is 10.6. The zero-order valence-corrected chi connectivity index (χ0v) is 22.2. The third-order valence-electron chi connectivity index (χ3n) is 6.63. The van der Waals surface area contributed by atoms with Crippen LogP contribution in [0.25, 0.3) is 5.69 Å². The van der Waals surface area contributed by atoms with Crippen molar-refractivity contribution in [2.75, 3.05) is 4.90 Å². The standard InChI is InChI=1S/C30H32N4OS/c1-19(2)35-25-14-12-23(13-15-25)34-29(28(32-30(34)36)27-11-6-7-16-31-27)26-18-21(4)33(22(26)5)24-10-8-9-20(3)17-24/h6-19,28-29H,1-5H3,(H,32,36)/t28-,29-/m0/s1. The lowest BCUT2D eigenvalue weighted by Crippen LogP contribution is -2.29. The monoisotopic (exact) mass is 496 g/mol. The molecule has 1 saturated heterocycles. The Kier molecular flexibility index (Phi) is 6.54. The van der Waals surface area contributed by atoms with Gasteiger partial charge < -0.3 is 19.5 Å². The highest BCUT2D eigenvalue weighted by Gasteiger charge is 2.42. The fraction of sp³-hybridized carbons (Fsp3) is 0.267. The topological polar surface area (TPSA) is 42.3 Å². The van der Waals surface area contributed by atoms with Crippen LogP contribution >= 0.6 is 12.2 Å². The smallest absolute Gasteiger partial charge is 0.174 e. The van der Waals surface area contributed by atoms with Crippen LogP contribution in [0.5, 0.6) is 5.75 Å². The van der Waals surface area contributed by atoms with Crippen molar-refractivity contribution in [2.24, 2.45) is 0 Å². The number of benzene rings is 2. The van der Waals surface area contributed by atoms with Crippen molar-refractivity contribution in [3.63, 3.8) is 0 Å². The van der Waals surface area contributed by atoms with Gasteiger partial charge in [-0.3, -0.25) is 4.98 Å². The Morgan fingerprint density at radius 2 is 1.69 bits per heavy atom. The third-order valence-corrected chi connectivity index (χ3v) is 6.95. The Bertz CT molecular complexity index is 1380. The van der Waals surface area contributed by atoms with Crippen molar-refractivity contribution in [1.29, 1.82) is 0 Å². The minimum absolute atomic E-state index is 0.0611. The van der Waals surface area contributed by atoms with Crippen molar-refractivity contribution in [3.8, 4) is 11.4 Å². The molecule has 5 nitrogen and oxygen atoms in total. The van der Waals surface area contributed by atoms with Crippen LogP contribution in [0.1, 0.15) is 54.1 Å². The second-order valence-corrected chi connectivity index (χ2v) is 10.0. The number of nitrogens with one attached hydrogen (secondary N) is 1. The van der Waals surface area contributed by atoms with E-state index in [4.69, 9.17) is 21.9 Å². The molecular formula is C30H32N4OS. The van der Waals surface area contributed by atoms with Gasteiger partial charge in [0.25, 0.3) is 0 Å². The average molecular weight is 497 g/mol. The molecule has 0 bridgehead atoms. The molecule has 5 rings (SSSR count). The number of pyridine rings is 1. The van der Waals surface area contributed by atoms with Gasteiger partial charge in [-0.2, -0.15) is 0 Å². The van der Waals surface area contributed by atoms with Crippen LogP contribution in [0.2, 0.25) is 0 Å². The summed E-state index contributed by atoms with van der Waals surface area (Å²) in [7, 11) is 0. The number of aryl methyl sites for hydroxylation is 2. The van der Waals surface area contributed by atoms with E-state index in [9.17, 15) is 0 Å². The first-order valence-electron chi connectivity index (χ1n) is 12.4. The Labute approximate surface area is 218 Å². The Morgan fingerprint density at radius 1 is 0.917 bits per heavy atom. The summed E-state index contributed by atoms with van der Waals surface area (Å²) in [4.78, 5) is 6.92. The van der Waals surface area contributed by atoms with Gasteiger partial charge in [0.15, 0.2) is 5.11 Å². The summed E-state index contributed by atoms with van der Waals surface area (Å²) in [5, 5.41) is 4.26. The van der Waals surface area contributed by atoms with Gasteiger partial charge in [-0.25, -0.2) is 0 Å². The lowest BCUT2D eigenvalue weighted by atomic mass is 9.96. The zero-order chi connectivity index (χ0) is 25.4. The number of anilines is 1. The number of aromatic nitrogens is 2. The van der Waals surface area contributed by atoms with Crippen LogP contribution in [0.15, 0.2) is 79.0 Å². The van der Waals surface area contributed by atoms with E-state index in [0.717, 1.165) is 17.1 Å². The summed E-state index contributed by atoms with van der Waals surface area (Å²) >= 11 is 5.92. The minimum Gasteiger partial charge on any atom is -0.491 e. The van der Waals surface area contributed by atoms with Gasteiger partial charge in [0.05, 0.1) is 23.9 Å². The molecule has 0 aliphatic carbocycles. The number of rotatable bonds is 6. The summed E-state index contributed by atoms with van der Waals surface area (Å²) in [5.41, 5.74) is 7.99. The second kappa shape index (κ2) is 9.78. The van der Waals surface area contributed by atoms with E-state index < -0.39 is 0 Å². The van der Waals surface area contributed by atoms with E-state index >= 15 is 0 Å². The number of ether oxygens (including phenoxy) is 1. The molecule has 0 amide bonds. The first-order valence-corrected chi connectivity index (χ1v) is 12.8. The summed E-state index contributed by atoms with van der Waals surface area (Å²) < 4.78 is 8.21. The van der Waals surface area contributed by atoms with E-state index in [2.05, 4.69) is 84.1 Å². The Morgan fingerprint density at radius 3 is 2.36 bits per heavy atom. The largest absolute Gasteiger partial charge is 0.491 e. The zero-order valence-electron chi connectivity index (χ0n) is 21.4. The summed E-state index contributed by atoms with van der Waals surface area (Å²) in [6, 6.07) is 25.0. The minimum atomic E-state index is -0.0863. The number of nitrogens with zero attached hydrogens (tertiary/aromatic N) is 3. The number of thiocarbonyl (C=S) groups is 1. The first-order chi connectivity index (χ1) is 17.3. The lowest BCUT2D eigenvalue weighted by molar-refractivity contribution is 0.242. The van der Waals surface area contributed by atoms with Crippen molar-refractivity contribution >= 4 is 23.0 Å². The summed E-state index contributed by atoms with van der Waals surface area (Å²) in [6.07, 6.45) is 1.96. The maximum atomic E-state index is 5.92. The van der Waals surface area contributed by atoms with Gasteiger partial charge in [-0.05, 0) is 113 Å². The molecular weight excluding hydrogens is 464 g/mol. The van der Waals surface area contributed by atoms with Crippen LogP contribution in [-0.2, 0) is 0 Å². The second-order valence-electron chi connectivity index (χ2n) is 9.66. The Hall–Kier alpha value is -3.64. The van der Waals surface area contributed by atoms with Crippen molar-refractivity contribution in [3.05, 3.63) is 107 Å². The third kappa shape index (κ3) is 4.49. The SMILES string of the molecule is Cc1cccc(-n2c(C)cc([C@H]3[C@H](c4ccccn4)NC(=S)N3c3ccc(OC(C)C)cc3)c2C)c1. The van der Waals surface area contributed by atoms with Crippen LogP contribution in [0.3, 0.4) is 0 Å². The molecule has 0 saturated carbocycles. The van der Waals surface area contributed by atoms with Crippen molar-refractivity contribution in [1.82, 2.24) is 14.9 Å². The van der Waals surface area contributed by atoms with Gasteiger partial charge in [-0.1, -0.05) is 18.2 Å². The molecule has 1 N–H and O–H groups in total. The van der Waals surface area contributed by atoms with Gasteiger partial charge in [0, 0.05) is 29.0 Å². The predicted molar refractivity (Wildman–Crippen MR) is 150 cm³/mol. The molecule has 6 heteroatoms. The molecule has 36 heavy (non-hydrogen) atoms. The number of hydrogen-bond donors (Lipinski definition) is 1. The summed E-state index contributed by atoms with van der Waals surface area (Å²) in [5.74, 6) is 0.849. The van der Waals surface area contributed by atoms with Gasteiger partial charge in [0.2, 0.25) is 0 Å². The highest BCUT2D eigenvalue weighted by Crippen LogP contribution is 2.44. The fourth-order valence-corrected chi connectivity index (χ4v) is 5.50. The first kappa shape index (κ1) is 24.1. The number of hydrogen-bond acceptors (Lipinski definition) is 3. The quantitative estimate of drug-likeness (QED) is 0.299. The molecule has 2 atom stereocenters. The van der Waals surface area contributed by atoms with Gasteiger partial charge in [0.1, 0.15) is 5.75 Å². The fourth-order valence-electron chi connectivity index (χ4n) is 5.16. The van der Waals surface area contributed by atoms with E-state index in [1.54, 1.807) is 0 Å². The van der Waals surface area contributed by atoms with Gasteiger partial charge >= 0.3 is 0 Å². The highest BCUT2D eigenvalue weighted by molar-refractivity contribution is 7.80. The molecule has 1 aliphatic rings. The Balaban J connectivity index is 1.63. The highest BCUT2D eigenvalue weighted by atomic mass is 32.1. The molecule has 1 aliphatic heterocycles. The van der Waals surface area contributed by atoms with Crippen LogP contribution in [-0.4, -0.2) is 20.8 Å². The average Bonchev–Trinajstić information content (AvgIpc) is 3.35. The van der Waals surface area contributed by atoms with Crippen LogP contribution < -0.4 is 15.0 Å². The van der Waals surface area contributed by atoms with Crippen molar-refractivity contribution in [2.45, 2.75) is 52.8 Å². The van der Waals surface area contributed by atoms with Crippen molar-refractivity contribution < 1.29 is 4.74 Å². The van der Waals surface area contributed by atoms with E-state index in [-0.39, 0.29) is 18.2 Å².